The molecule has 0 spiro atoms. The van der Waals surface area contributed by atoms with Crippen molar-refractivity contribution in [3.63, 3.8) is 0 Å². The second kappa shape index (κ2) is 8.35. The van der Waals surface area contributed by atoms with Gasteiger partial charge in [0.05, 0.1) is 24.5 Å². The van der Waals surface area contributed by atoms with Crippen molar-refractivity contribution in [3.8, 4) is 0 Å². The number of benzene rings is 1. The number of hydroxylamine groups is 1. The monoisotopic (exact) mass is 529 g/mol. The minimum absolute atomic E-state index is 0.0825. The van der Waals surface area contributed by atoms with E-state index in [4.69, 9.17) is 0 Å². The van der Waals surface area contributed by atoms with E-state index in [1.807, 2.05) is 5.48 Å². The van der Waals surface area contributed by atoms with Crippen molar-refractivity contribution in [3.05, 3.63) is 70.8 Å². The van der Waals surface area contributed by atoms with Crippen LogP contribution in [-0.4, -0.2) is 41.2 Å². The number of likely N-dealkylation sites (tertiary alicyclic amines) is 1. The SMILES string of the molecule is O=C(CC(F)(F)F)N1CC(F)(c2ccc(C3=CC(c4cc(F)c(F)c(F)c4)(C(F)(F)F)ON3)cn2)C1. The molecule has 5 nitrogen and oxygen atoms in total. The van der Waals surface area contributed by atoms with E-state index in [9.17, 15) is 48.7 Å². The molecule has 15 heteroatoms. The molecule has 0 aliphatic carbocycles. The topological polar surface area (TPSA) is 54.5 Å². The summed E-state index contributed by atoms with van der Waals surface area (Å²) in [5, 5.41) is 0. The molecule has 1 unspecified atom stereocenters. The third-order valence-electron chi connectivity index (χ3n) is 5.62. The highest BCUT2D eigenvalue weighted by molar-refractivity contribution is 5.78. The van der Waals surface area contributed by atoms with Crippen LogP contribution in [0.2, 0.25) is 0 Å². The Balaban J connectivity index is 1.57. The van der Waals surface area contributed by atoms with E-state index in [1.165, 1.54) is 0 Å². The number of hydrogen-bond donors (Lipinski definition) is 1. The summed E-state index contributed by atoms with van der Waals surface area (Å²) in [7, 11) is 0. The molecule has 1 saturated heterocycles. The zero-order chi connectivity index (χ0) is 26.7. The number of nitrogens with one attached hydrogen (secondary N) is 1. The lowest BCUT2D eigenvalue weighted by Gasteiger charge is -2.44. The van der Waals surface area contributed by atoms with Crippen molar-refractivity contribution in [2.75, 3.05) is 13.1 Å². The Bertz CT molecular complexity index is 1200. The fourth-order valence-corrected chi connectivity index (χ4v) is 3.75. The molecule has 2 aliphatic rings. The number of hydrogen-bond acceptors (Lipinski definition) is 4. The van der Waals surface area contributed by atoms with Crippen LogP contribution in [0.4, 0.5) is 43.9 Å². The molecule has 2 aliphatic heterocycles. The minimum atomic E-state index is -5.27. The first-order chi connectivity index (χ1) is 16.5. The Morgan fingerprint density at radius 2 is 1.67 bits per heavy atom. The second-order valence-corrected chi connectivity index (χ2v) is 8.19. The Hall–Kier alpha value is -3.36. The van der Waals surface area contributed by atoms with Gasteiger partial charge in [0.25, 0.3) is 0 Å². The van der Waals surface area contributed by atoms with Crippen LogP contribution in [0.5, 0.6) is 0 Å². The summed E-state index contributed by atoms with van der Waals surface area (Å²) in [6, 6.07) is 2.42. The zero-order valence-electron chi connectivity index (χ0n) is 17.6. The molecule has 1 aromatic heterocycles. The van der Waals surface area contributed by atoms with Crippen molar-refractivity contribution in [2.24, 2.45) is 0 Å². The molecule has 0 radical (unpaired) electrons. The van der Waals surface area contributed by atoms with Gasteiger partial charge >= 0.3 is 12.4 Å². The Morgan fingerprint density at radius 1 is 1.06 bits per heavy atom. The fourth-order valence-electron chi connectivity index (χ4n) is 3.75. The molecule has 3 heterocycles. The quantitative estimate of drug-likeness (QED) is 0.457. The van der Waals surface area contributed by atoms with Crippen LogP contribution < -0.4 is 5.48 Å². The lowest BCUT2D eigenvalue weighted by Crippen LogP contribution is -2.59. The maximum Gasteiger partial charge on any atom is 0.428 e. The van der Waals surface area contributed by atoms with Crippen molar-refractivity contribution >= 4 is 11.6 Å². The smallest absolute Gasteiger partial charge is 0.335 e. The molecular weight excluding hydrogens is 516 g/mol. The first-order valence-corrected chi connectivity index (χ1v) is 9.94. The number of aromatic nitrogens is 1. The Labute approximate surface area is 195 Å². The van der Waals surface area contributed by atoms with Crippen LogP contribution in [0.1, 0.15) is 23.2 Å². The first kappa shape index (κ1) is 25.7. The Morgan fingerprint density at radius 3 is 2.17 bits per heavy atom. The average molecular weight is 529 g/mol. The van der Waals surface area contributed by atoms with Gasteiger partial charge in [-0.15, -0.1) is 0 Å². The van der Waals surface area contributed by atoms with Gasteiger partial charge in [-0.05, 0) is 30.3 Å². The zero-order valence-corrected chi connectivity index (χ0v) is 17.6. The normalized spacial score (nSPS) is 21.6. The summed E-state index contributed by atoms with van der Waals surface area (Å²) in [5.41, 5.74) is -5.56. The molecule has 1 fully saturated rings. The highest BCUT2D eigenvalue weighted by atomic mass is 19.4. The Kier molecular flexibility index (Phi) is 5.97. The first-order valence-electron chi connectivity index (χ1n) is 9.94. The van der Waals surface area contributed by atoms with Crippen LogP contribution in [0.3, 0.4) is 0 Å². The van der Waals surface area contributed by atoms with Gasteiger partial charge in [-0.25, -0.2) is 17.6 Å². The summed E-state index contributed by atoms with van der Waals surface area (Å²) < 4.78 is 134. The summed E-state index contributed by atoms with van der Waals surface area (Å²) in [4.78, 5) is 20.6. The summed E-state index contributed by atoms with van der Waals surface area (Å²) >= 11 is 0. The summed E-state index contributed by atoms with van der Waals surface area (Å²) in [6.07, 6.45) is -10.4. The molecule has 0 bridgehead atoms. The van der Waals surface area contributed by atoms with E-state index in [0.29, 0.717) is 11.0 Å². The van der Waals surface area contributed by atoms with E-state index < -0.39 is 72.1 Å². The number of carbonyl (C=O) groups excluding carboxylic acids is 1. The third-order valence-corrected chi connectivity index (χ3v) is 5.62. The molecule has 1 atom stereocenters. The van der Waals surface area contributed by atoms with Gasteiger partial charge in [0, 0.05) is 17.3 Å². The van der Waals surface area contributed by atoms with Crippen molar-refractivity contribution in [1.82, 2.24) is 15.4 Å². The van der Waals surface area contributed by atoms with E-state index in [1.54, 1.807) is 0 Å². The van der Waals surface area contributed by atoms with E-state index in [-0.39, 0.29) is 29.1 Å². The van der Waals surface area contributed by atoms with Gasteiger partial charge in [0.1, 0.15) is 6.42 Å². The number of nitrogens with zero attached hydrogens (tertiary/aromatic N) is 2. The molecule has 194 valence electrons. The number of amides is 1. The van der Waals surface area contributed by atoms with Crippen LogP contribution in [-0.2, 0) is 20.9 Å². The van der Waals surface area contributed by atoms with Gasteiger partial charge in [0.15, 0.2) is 23.1 Å². The lowest BCUT2D eigenvalue weighted by atomic mass is 9.90. The summed E-state index contributed by atoms with van der Waals surface area (Å²) in [5.74, 6) is -7.04. The molecule has 1 aromatic carbocycles. The maximum atomic E-state index is 15.0. The van der Waals surface area contributed by atoms with Gasteiger partial charge in [-0.2, -0.15) is 26.3 Å². The molecule has 2 aromatic rings. The van der Waals surface area contributed by atoms with E-state index in [0.717, 1.165) is 18.3 Å². The lowest BCUT2D eigenvalue weighted by molar-refractivity contribution is -0.269. The molecule has 0 saturated carbocycles. The predicted molar refractivity (Wildman–Crippen MR) is 101 cm³/mol. The number of pyridine rings is 1. The highest BCUT2D eigenvalue weighted by Crippen LogP contribution is 2.48. The third kappa shape index (κ3) is 4.47. The number of alkyl halides is 7. The fraction of sp³-hybridized carbons (Fsp3) is 0.333. The van der Waals surface area contributed by atoms with Gasteiger partial charge in [-0.1, -0.05) is 0 Å². The molecule has 1 N–H and O–H groups in total. The summed E-state index contributed by atoms with van der Waals surface area (Å²) in [6.45, 7) is -1.39. The van der Waals surface area contributed by atoms with Crippen LogP contribution in [0.15, 0.2) is 36.5 Å². The molecular formula is C21H13F10N3O2. The van der Waals surface area contributed by atoms with Crippen molar-refractivity contribution in [1.29, 1.82) is 0 Å². The van der Waals surface area contributed by atoms with Gasteiger partial charge in [0.2, 0.25) is 11.5 Å². The maximum absolute atomic E-state index is 15.0. The predicted octanol–water partition coefficient (Wildman–Crippen LogP) is 4.79. The van der Waals surface area contributed by atoms with E-state index in [2.05, 4.69) is 9.82 Å². The van der Waals surface area contributed by atoms with Crippen LogP contribution in [0.25, 0.3) is 5.70 Å². The standard InChI is InChI=1S/C21H13F10N3O2/c22-12-3-11(4-13(23)17(12)24)19(21(29,30)31)5-14(33-36-19)10-1-2-15(32-7-10)18(25)8-34(9-18)16(35)6-20(26,27)28/h1-5,7,33H,6,8-9H2. The van der Waals surface area contributed by atoms with Crippen molar-refractivity contribution in [2.45, 2.75) is 30.0 Å². The minimum Gasteiger partial charge on any atom is -0.335 e. The number of carbonyl (C=O) groups is 1. The van der Waals surface area contributed by atoms with Gasteiger partial charge in [-0.3, -0.25) is 20.1 Å². The number of halogens is 10. The van der Waals surface area contributed by atoms with Crippen molar-refractivity contribution < 1.29 is 53.5 Å². The second-order valence-electron chi connectivity index (χ2n) is 8.19. The van der Waals surface area contributed by atoms with Crippen LogP contribution >= 0.6 is 0 Å². The largest absolute Gasteiger partial charge is 0.428 e. The van der Waals surface area contributed by atoms with E-state index >= 15 is 0 Å². The molecule has 1 amide bonds. The number of rotatable bonds is 4. The van der Waals surface area contributed by atoms with Gasteiger partial charge < -0.3 is 4.90 Å². The highest BCUT2D eigenvalue weighted by Gasteiger charge is 2.60. The molecule has 4 rings (SSSR count). The average Bonchev–Trinajstić information content (AvgIpc) is 3.21. The molecule has 36 heavy (non-hydrogen) atoms. The van der Waals surface area contributed by atoms with Crippen LogP contribution in [0, 0.1) is 17.5 Å².